The van der Waals surface area contributed by atoms with E-state index in [1.54, 1.807) is 11.0 Å². The Kier molecular flexibility index (Phi) is 9.46. The van der Waals surface area contributed by atoms with E-state index in [1.165, 1.54) is 18.2 Å². The van der Waals surface area contributed by atoms with Crippen molar-refractivity contribution in [3.8, 4) is 5.75 Å². The summed E-state index contributed by atoms with van der Waals surface area (Å²) < 4.78 is 41.5. The van der Waals surface area contributed by atoms with Crippen LogP contribution in [0, 0.1) is 0 Å². The maximum absolute atomic E-state index is 12.5. The molecule has 0 bridgehead atoms. The minimum atomic E-state index is -4.76. The van der Waals surface area contributed by atoms with Gasteiger partial charge in [0.25, 0.3) is 0 Å². The predicted molar refractivity (Wildman–Crippen MR) is 98.5 cm³/mol. The van der Waals surface area contributed by atoms with E-state index in [0.29, 0.717) is 44.1 Å². The number of guanidine groups is 1. The lowest BCUT2D eigenvalue weighted by atomic mass is 10.2. The first-order valence-electron chi connectivity index (χ1n) is 8.94. The van der Waals surface area contributed by atoms with Crippen LogP contribution in [0.1, 0.15) is 32.8 Å². The number of para-hydroxylation sites is 1. The van der Waals surface area contributed by atoms with Crippen molar-refractivity contribution in [2.24, 2.45) is 4.99 Å². The molecule has 0 spiro atoms. The Morgan fingerprint density at radius 1 is 1.15 bits per heavy atom. The van der Waals surface area contributed by atoms with Crippen molar-refractivity contribution < 1.29 is 22.7 Å². The topological polar surface area (TPSA) is 66.0 Å². The highest BCUT2D eigenvalue weighted by Crippen LogP contribution is 2.26. The minimum Gasteiger partial charge on any atom is -0.405 e. The van der Waals surface area contributed by atoms with Gasteiger partial charge in [0, 0.05) is 38.2 Å². The first-order chi connectivity index (χ1) is 12.8. The zero-order valence-corrected chi connectivity index (χ0v) is 15.9. The molecule has 1 amide bonds. The molecule has 0 atom stereocenters. The van der Waals surface area contributed by atoms with Crippen molar-refractivity contribution in [2.75, 3.05) is 26.2 Å². The highest BCUT2D eigenvalue weighted by atomic mass is 19.4. The second kappa shape index (κ2) is 11.3. The van der Waals surface area contributed by atoms with Crippen molar-refractivity contribution >= 4 is 11.9 Å². The smallest absolute Gasteiger partial charge is 0.405 e. The number of carbonyl (C=O) groups is 1. The van der Waals surface area contributed by atoms with E-state index < -0.39 is 6.36 Å². The quantitative estimate of drug-likeness (QED) is 0.504. The number of nitrogens with zero attached hydrogens (tertiary/aromatic N) is 2. The molecular weight excluding hydrogens is 361 g/mol. The highest BCUT2D eigenvalue weighted by molar-refractivity contribution is 5.81. The second-order valence-electron chi connectivity index (χ2n) is 5.59. The predicted octanol–water partition coefficient (Wildman–Crippen LogP) is 2.90. The number of amides is 1. The van der Waals surface area contributed by atoms with Gasteiger partial charge >= 0.3 is 6.36 Å². The summed E-state index contributed by atoms with van der Waals surface area (Å²) in [7, 11) is 0. The molecule has 152 valence electrons. The van der Waals surface area contributed by atoms with E-state index in [0.717, 1.165) is 0 Å². The second-order valence-corrected chi connectivity index (χ2v) is 5.59. The summed E-state index contributed by atoms with van der Waals surface area (Å²) in [5, 5.41) is 6.02. The van der Waals surface area contributed by atoms with E-state index in [-0.39, 0.29) is 18.2 Å². The lowest BCUT2D eigenvalue weighted by Crippen LogP contribution is -2.40. The van der Waals surface area contributed by atoms with Crippen LogP contribution >= 0.6 is 0 Å². The zero-order chi connectivity index (χ0) is 20.3. The standard InChI is InChI=1S/C18H27F3N4O2/c1-4-22-17(23-12-11-16(26)25(5-2)6-3)24-13-14-9-7-8-10-15(14)27-18(19,20)21/h7-10H,4-6,11-13H2,1-3H3,(H2,22,23,24). The lowest BCUT2D eigenvalue weighted by molar-refractivity contribution is -0.274. The Morgan fingerprint density at radius 2 is 1.81 bits per heavy atom. The number of hydrogen-bond acceptors (Lipinski definition) is 3. The molecule has 0 unspecified atom stereocenters. The zero-order valence-electron chi connectivity index (χ0n) is 15.9. The van der Waals surface area contributed by atoms with Crippen molar-refractivity contribution in [1.29, 1.82) is 0 Å². The molecule has 0 aromatic heterocycles. The van der Waals surface area contributed by atoms with Gasteiger partial charge < -0.3 is 20.3 Å². The fraction of sp³-hybridized carbons (Fsp3) is 0.556. The minimum absolute atomic E-state index is 0.00553. The molecule has 6 nitrogen and oxygen atoms in total. The van der Waals surface area contributed by atoms with Gasteiger partial charge in [-0.25, -0.2) is 4.99 Å². The highest BCUT2D eigenvalue weighted by Gasteiger charge is 2.31. The summed E-state index contributed by atoms with van der Waals surface area (Å²) in [6, 6.07) is 5.87. The molecule has 2 N–H and O–H groups in total. The molecule has 9 heteroatoms. The number of hydrogen-bond donors (Lipinski definition) is 2. The first kappa shape index (κ1) is 22.6. The maximum atomic E-state index is 12.5. The average molecular weight is 388 g/mol. The number of rotatable bonds is 9. The number of nitrogens with one attached hydrogen (secondary N) is 2. The van der Waals surface area contributed by atoms with Crippen molar-refractivity contribution in [2.45, 2.75) is 40.1 Å². The lowest BCUT2D eigenvalue weighted by Gasteiger charge is -2.19. The Hall–Kier alpha value is -2.45. The van der Waals surface area contributed by atoms with E-state index in [1.807, 2.05) is 20.8 Å². The van der Waals surface area contributed by atoms with Crippen LogP contribution in [0.5, 0.6) is 5.75 Å². The van der Waals surface area contributed by atoms with E-state index in [9.17, 15) is 18.0 Å². The van der Waals surface area contributed by atoms with Crippen molar-refractivity contribution in [1.82, 2.24) is 15.5 Å². The third-order valence-corrected chi connectivity index (χ3v) is 3.70. The molecule has 0 heterocycles. The van der Waals surface area contributed by atoms with Gasteiger partial charge in [-0.15, -0.1) is 13.2 Å². The maximum Gasteiger partial charge on any atom is 0.573 e. The molecule has 0 aliphatic heterocycles. The summed E-state index contributed by atoms with van der Waals surface area (Å²) in [6.45, 7) is 7.98. The van der Waals surface area contributed by atoms with Gasteiger partial charge in [-0.2, -0.15) is 0 Å². The number of alkyl halides is 3. The Balaban J connectivity index is 2.70. The largest absolute Gasteiger partial charge is 0.573 e. The fourth-order valence-electron chi connectivity index (χ4n) is 2.39. The Bertz CT molecular complexity index is 617. The summed E-state index contributed by atoms with van der Waals surface area (Å²) in [6.07, 6.45) is -4.45. The normalized spacial score (nSPS) is 11.9. The number of ether oxygens (including phenoxy) is 1. The van der Waals surface area contributed by atoms with E-state index in [4.69, 9.17) is 0 Å². The van der Waals surface area contributed by atoms with Gasteiger partial charge in [0.1, 0.15) is 5.75 Å². The summed E-state index contributed by atoms with van der Waals surface area (Å²) in [4.78, 5) is 18.0. The van der Waals surface area contributed by atoms with Crippen LogP contribution in [0.4, 0.5) is 13.2 Å². The van der Waals surface area contributed by atoms with Crippen LogP contribution in [0.3, 0.4) is 0 Å². The molecule has 0 aliphatic carbocycles. The van der Waals surface area contributed by atoms with Gasteiger partial charge in [-0.05, 0) is 26.8 Å². The van der Waals surface area contributed by atoms with Gasteiger partial charge in [0.2, 0.25) is 5.91 Å². The molecule has 1 rings (SSSR count). The molecule has 1 aromatic carbocycles. The summed E-state index contributed by atoms with van der Waals surface area (Å²) in [5.74, 6) is 0.181. The van der Waals surface area contributed by atoms with Crippen LogP contribution in [-0.2, 0) is 11.3 Å². The molecule has 0 radical (unpaired) electrons. The molecular formula is C18H27F3N4O2. The molecule has 0 aliphatic rings. The number of halogens is 3. The van der Waals surface area contributed by atoms with Crippen LogP contribution in [0.15, 0.2) is 29.3 Å². The SMILES string of the molecule is CCNC(=NCc1ccccc1OC(F)(F)F)NCCC(=O)N(CC)CC. The first-order valence-corrected chi connectivity index (χ1v) is 8.94. The molecule has 27 heavy (non-hydrogen) atoms. The van der Waals surface area contributed by atoms with Crippen molar-refractivity contribution in [3.05, 3.63) is 29.8 Å². The van der Waals surface area contributed by atoms with Crippen molar-refractivity contribution in [3.63, 3.8) is 0 Å². The summed E-state index contributed by atoms with van der Waals surface area (Å²) in [5.41, 5.74) is 0.311. The van der Waals surface area contributed by atoms with Gasteiger partial charge in [0.15, 0.2) is 5.96 Å². The average Bonchev–Trinajstić information content (AvgIpc) is 2.60. The third-order valence-electron chi connectivity index (χ3n) is 3.70. The number of carbonyl (C=O) groups excluding carboxylic acids is 1. The monoisotopic (exact) mass is 388 g/mol. The van der Waals surface area contributed by atoms with Crippen LogP contribution < -0.4 is 15.4 Å². The molecule has 1 aromatic rings. The van der Waals surface area contributed by atoms with Crippen LogP contribution in [0.25, 0.3) is 0 Å². The summed E-state index contributed by atoms with van der Waals surface area (Å²) >= 11 is 0. The third kappa shape index (κ3) is 8.65. The van der Waals surface area contributed by atoms with E-state index in [2.05, 4.69) is 20.4 Å². The van der Waals surface area contributed by atoms with E-state index >= 15 is 0 Å². The molecule has 0 fully saturated rings. The van der Waals surface area contributed by atoms with Crippen LogP contribution in [0.2, 0.25) is 0 Å². The van der Waals surface area contributed by atoms with Crippen LogP contribution in [-0.4, -0.2) is 49.3 Å². The van der Waals surface area contributed by atoms with Gasteiger partial charge in [0.05, 0.1) is 6.54 Å². The Morgan fingerprint density at radius 3 is 2.41 bits per heavy atom. The number of benzene rings is 1. The Labute approximate surface area is 157 Å². The number of aliphatic imine (C=N–C) groups is 1. The molecule has 0 saturated heterocycles. The molecule has 0 saturated carbocycles. The fourth-order valence-corrected chi connectivity index (χ4v) is 2.39. The van der Waals surface area contributed by atoms with Gasteiger partial charge in [-0.1, -0.05) is 18.2 Å². The van der Waals surface area contributed by atoms with Gasteiger partial charge in [-0.3, -0.25) is 4.79 Å².